The summed E-state index contributed by atoms with van der Waals surface area (Å²) in [6.45, 7) is 11.5. The molecule has 0 aromatic heterocycles. The number of fused-ring (bicyclic) bond motifs is 14. The summed E-state index contributed by atoms with van der Waals surface area (Å²) in [7, 11) is 0. The molecule has 2 bridgehead atoms. The van der Waals surface area contributed by atoms with Crippen LogP contribution in [0.2, 0.25) is 0 Å². The minimum absolute atomic E-state index is 0.0160. The summed E-state index contributed by atoms with van der Waals surface area (Å²) in [5, 5.41) is 23.3. The number of aliphatic hydroxyl groups is 1. The number of ether oxygens (including phenoxy) is 2. The number of nitrogens with one attached hydrogen (secondary N) is 3. The fourth-order valence-corrected chi connectivity index (χ4v) is 8.23. The van der Waals surface area contributed by atoms with E-state index < -0.39 is 24.1 Å². The minimum atomic E-state index is -0.991. The van der Waals surface area contributed by atoms with Gasteiger partial charge in [-0.2, -0.15) is 0 Å². The first-order valence-corrected chi connectivity index (χ1v) is 19.6. The number of aliphatic hydroxyl groups excluding tert-OH is 1. The average Bonchev–Trinajstić information content (AvgIpc) is 3.12. The fraction of sp³-hybridized carbons (Fsp3) is 0.558. The van der Waals surface area contributed by atoms with Crippen molar-refractivity contribution in [3.63, 3.8) is 0 Å². The van der Waals surface area contributed by atoms with Crippen LogP contribution < -0.4 is 25.4 Å². The van der Waals surface area contributed by atoms with Crippen LogP contribution in [0.1, 0.15) is 89.1 Å². The number of amides is 3. The zero-order chi connectivity index (χ0) is 37.7. The van der Waals surface area contributed by atoms with Crippen molar-refractivity contribution < 1.29 is 29.0 Å². The molecule has 10 heteroatoms. The quantitative estimate of drug-likeness (QED) is 0.268. The Morgan fingerprint density at radius 3 is 2.30 bits per heavy atom. The minimum Gasteiger partial charge on any atom is -0.493 e. The normalized spacial score (nSPS) is 25.5. The number of hydrogen-bond donors (Lipinski definition) is 4. The van der Waals surface area contributed by atoms with Crippen LogP contribution in [0.3, 0.4) is 0 Å². The Kier molecular flexibility index (Phi) is 12.3. The number of hydrogen-bond acceptors (Lipinski definition) is 7. The van der Waals surface area contributed by atoms with Crippen molar-refractivity contribution in [1.29, 1.82) is 0 Å². The van der Waals surface area contributed by atoms with Gasteiger partial charge in [-0.25, -0.2) is 0 Å². The molecule has 3 aromatic carbocycles. The number of nitrogens with zero attached hydrogens (tertiary/aromatic N) is 1. The van der Waals surface area contributed by atoms with E-state index in [2.05, 4.69) is 20.9 Å². The second-order valence-corrected chi connectivity index (χ2v) is 16.7. The summed E-state index contributed by atoms with van der Waals surface area (Å²) < 4.78 is 12.2. The number of benzene rings is 3. The van der Waals surface area contributed by atoms with E-state index in [1.807, 2.05) is 89.2 Å². The second kappa shape index (κ2) is 16.9. The Morgan fingerprint density at radius 2 is 1.60 bits per heavy atom. The van der Waals surface area contributed by atoms with Gasteiger partial charge in [0.25, 0.3) is 5.91 Å². The Balaban J connectivity index is 1.29. The lowest BCUT2D eigenvalue weighted by Crippen LogP contribution is -2.61. The van der Waals surface area contributed by atoms with Gasteiger partial charge in [-0.1, -0.05) is 69.5 Å². The van der Waals surface area contributed by atoms with Crippen LogP contribution in [0, 0.1) is 17.8 Å². The maximum absolute atomic E-state index is 14.2. The zero-order valence-electron chi connectivity index (χ0n) is 32.0. The van der Waals surface area contributed by atoms with Crippen molar-refractivity contribution in [3.8, 4) is 11.5 Å². The number of rotatable bonds is 5. The van der Waals surface area contributed by atoms with Crippen molar-refractivity contribution in [2.45, 2.75) is 109 Å². The predicted molar refractivity (Wildman–Crippen MR) is 207 cm³/mol. The van der Waals surface area contributed by atoms with Gasteiger partial charge in [-0.05, 0) is 98.4 Å². The molecule has 0 radical (unpaired) electrons. The molecule has 0 unspecified atom stereocenters. The molecule has 1 saturated heterocycles. The largest absolute Gasteiger partial charge is 0.493 e. The first-order chi connectivity index (χ1) is 25.3. The van der Waals surface area contributed by atoms with Crippen LogP contribution >= 0.6 is 0 Å². The molecule has 0 spiro atoms. The van der Waals surface area contributed by atoms with Gasteiger partial charge in [-0.15, -0.1) is 0 Å². The van der Waals surface area contributed by atoms with Crippen molar-refractivity contribution in [2.24, 2.45) is 17.8 Å². The van der Waals surface area contributed by atoms with Gasteiger partial charge in [-0.3, -0.25) is 19.3 Å². The van der Waals surface area contributed by atoms with E-state index in [0.29, 0.717) is 55.0 Å². The molecule has 4 aliphatic rings. The molecule has 10 nitrogen and oxygen atoms in total. The topological polar surface area (TPSA) is 129 Å². The highest BCUT2D eigenvalue weighted by Crippen LogP contribution is 2.39. The molecule has 3 aliphatic heterocycles. The van der Waals surface area contributed by atoms with E-state index in [1.165, 1.54) is 12.8 Å². The first-order valence-electron chi connectivity index (χ1n) is 19.6. The Bertz CT molecular complexity index is 1740. The summed E-state index contributed by atoms with van der Waals surface area (Å²) in [4.78, 5) is 44.1. The van der Waals surface area contributed by atoms with Crippen molar-refractivity contribution in [1.82, 2.24) is 20.9 Å². The van der Waals surface area contributed by atoms with Gasteiger partial charge in [0.1, 0.15) is 17.5 Å². The van der Waals surface area contributed by atoms with Crippen LogP contribution in [-0.2, 0) is 16.0 Å². The standard InChI is InChI=1S/C43H58N4O6/c1-27(2)39-42(51)44-35(37(48)26-47-25-32-14-9-8-12-30(32)23-36(47)41(50)46-43(3,4)5)21-28-15-17-33(18-16-28)52-19-10-20-53-38-24-31-13-7-6-11-29(31)22-34(38)40(49)45-39/h6-7,11,13,15-18,22,24,27,30,32,35-37,39,48H,8-10,12,14,19-21,23,25-26H2,1-5H3,(H,44,51)(H,45,49)(H,46,50)/t30-,32+,35-,36-,37+,39-/m0/s1. The lowest BCUT2D eigenvalue weighted by molar-refractivity contribution is -0.133. The van der Waals surface area contributed by atoms with E-state index in [9.17, 15) is 19.5 Å². The van der Waals surface area contributed by atoms with Gasteiger partial charge >= 0.3 is 0 Å². The molecule has 2 fully saturated rings. The average molecular weight is 727 g/mol. The molecule has 3 heterocycles. The van der Waals surface area contributed by atoms with Crippen LogP contribution in [-0.4, -0.2) is 83.8 Å². The smallest absolute Gasteiger partial charge is 0.255 e. The molecule has 53 heavy (non-hydrogen) atoms. The molecule has 1 saturated carbocycles. The third-order valence-electron chi connectivity index (χ3n) is 11.0. The van der Waals surface area contributed by atoms with E-state index in [0.717, 1.165) is 42.1 Å². The van der Waals surface area contributed by atoms with Crippen LogP contribution in [0.15, 0.2) is 60.7 Å². The lowest BCUT2D eigenvalue weighted by atomic mass is 9.72. The summed E-state index contributed by atoms with van der Waals surface area (Å²) in [5.74, 6) is 1.07. The number of likely N-dealkylation sites (tertiary alicyclic amines) is 1. The van der Waals surface area contributed by atoms with Gasteiger partial charge in [0, 0.05) is 25.0 Å². The lowest BCUT2D eigenvalue weighted by Gasteiger charge is -2.47. The van der Waals surface area contributed by atoms with Gasteiger partial charge in [0.2, 0.25) is 11.8 Å². The molecule has 7 rings (SSSR count). The van der Waals surface area contributed by atoms with Crippen molar-refractivity contribution in [3.05, 3.63) is 71.8 Å². The van der Waals surface area contributed by atoms with Gasteiger partial charge < -0.3 is 30.5 Å². The van der Waals surface area contributed by atoms with Crippen LogP contribution in [0.25, 0.3) is 10.8 Å². The fourth-order valence-electron chi connectivity index (χ4n) is 8.23. The van der Waals surface area contributed by atoms with E-state index in [4.69, 9.17) is 9.47 Å². The molecule has 1 aliphatic carbocycles. The highest BCUT2D eigenvalue weighted by atomic mass is 16.5. The van der Waals surface area contributed by atoms with E-state index in [1.54, 1.807) is 6.07 Å². The van der Waals surface area contributed by atoms with Crippen molar-refractivity contribution >= 4 is 28.5 Å². The summed E-state index contributed by atoms with van der Waals surface area (Å²) in [6.07, 6.45) is 5.37. The molecule has 3 aromatic rings. The number of β-amino-alcohol motifs (C(OH)–C–C–N with tert-alkyl or cyclic N) is 1. The maximum atomic E-state index is 14.2. The number of piperidine rings is 1. The van der Waals surface area contributed by atoms with Crippen LogP contribution in [0.5, 0.6) is 11.5 Å². The van der Waals surface area contributed by atoms with Crippen LogP contribution in [0.4, 0.5) is 0 Å². The molecule has 3 amide bonds. The summed E-state index contributed by atoms with van der Waals surface area (Å²) in [5.41, 5.74) is 0.887. The highest BCUT2D eigenvalue weighted by molar-refractivity contribution is 6.03. The summed E-state index contributed by atoms with van der Waals surface area (Å²) >= 11 is 0. The number of carbonyl (C=O) groups is 3. The second-order valence-electron chi connectivity index (χ2n) is 16.7. The number of carbonyl (C=O) groups excluding carboxylic acids is 3. The predicted octanol–water partition coefficient (Wildman–Crippen LogP) is 5.64. The molecule has 286 valence electrons. The molecule has 4 N–H and O–H groups in total. The first kappa shape index (κ1) is 38.6. The monoisotopic (exact) mass is 726 g/mol. The molecule has 6 atom stereocenters. The van der Waals surface area contributed by atoms with Crippen molar-refractivity contribution in [2.75, 3.05) is 26.3 Å². The third-order valence-corrected chi connectivity index (χ3v) is 11.0. The van der Waals surface area contributed by atoms with Gasteiger partial charge in [0.15, 0.2) is 0 Å². The Hall–Kier alpha value is -4.15. The SMILES string of the molecule is CC(C)[C@@H]1NC(=O)c2cc3ccccc3cc2OCCCOc2ccc(cc2)C[C@@H]([C@H](O)CN2C[C@H]3CCCC[C@H]3C[C@H]2C(=O)NC(C)(C)C)NC1=O. The zero-order valence-corrected chi connectivity index (χ0v) is 32.0. The molecular weight excluding hydrogens is 668 g/mol. The van der Waals surface area contributed by atoms with E-state index in [-0.39, 0.29) is 35.9 Å². The Morgan fingerprint density at radius 1 is 0.925 bits per heavy atom. The third kappa shape index (κ3) is 9.89. The van der Waals surface area contributed by atoms with E-state index >= 15 is 0 Å². The maximum Gasteiger partial charge on any atom is 0.255 e. The summed E-state index contributed by atoms with van der Waals surface area (Å²) in [6, 6.07) is 17.2. The Labute approximate surface area is 314 Å². The highest BCUT2D eigenvalue weighted by Gasteiger charge is 2.42. The molecular formula is C43H58N4O6. The van der Waals surface area contributed by atoms with Gasteiger partial charge in [0.05, 0.1) is 37.0 Å².